The summed E-state index contributed by atoms with van der Waals surface area (Å²) < 4.78 is 0. The molecule has 0 saturated heterocycles. The topological polar surface area (TPSA) is 101 Å². The Morgan fingerprint density at radius 1 is 0.263 bits per heavy atom. The quantitative estimate of drug-likeness (QED) is 0.0920. The second-order valence-corrected chi connectivity index (χ2v) is 13.1. The van der Waals surface area contributed by atoms with Crippen molar-refractivity contribution in [3.63, 3.8) is 0 Å². The van der Waals surface area contributed by atoms with Crippen molar-refractivity contribution >= 4 is 47.6 Å². The first-order valence-electron chi connectivity index (χ1n) is 18.4. The highest BCUT2D eigenvalue weighted by molar-refractivity contribution is 5.84. The van der Waals surface area contributed by atoms with Gasteiger partial charge in [-0.05, 0) is 142 Å². The molecule has 0 fully saturated rings. The summed E-state index contributed by atoms with van der Waals surface area (Å²) in [5.41, 5.74) is 10.8. The Morgan fingerprint density at radius 2 is 0.456 bits per heavy atom. The van der Waals surface area contributed by atoms with Gasteiger partial charge in [0.25, 0.3) is 0 Å². The van der Waals surface area contributed by atoms with Gasteiger partial charge < -0.3 is 0 Å². The van der Waals surface area contributed by atoms with E-state index in [1.54, 1.807) is 49.6 Å². The molecule has 0 spiro atoms. The van der Waals surface area contributed by atoms with Crippen molar-refractivity contribution in [3.8, 4) is 0 Å². The van der Waals surface area contributed by atoms with Crippen molar-refractivity contribution in [1.29, 1.82) is 0 Å². The van der Waals surface area contributed by atoms with Crippen molar-refractivity contribution in [1.82, 2.24) is 19.9 Å². The molecular weight excluding hydrogens is 701 g/mol. The molecule has 0 unspecified atom stereocenters. The van der Waals surface area contributed by atoms with Gasteiger partial charge in [-0.25, -0.2) is 0 Å². The lowest BCUT2D eigenvalue weighted by molar-refractivity contribution is 0.745. The number of rotatable bonds is 12. The van der Waals surface area contributed by atoms with Crippen LogP contribution in [0.15, 0.2) is 215 Å². The molecule has 272 valence electrons. The van der Waals surface area contributed by atoms with Crippen LogP contribution >= 0.6 is 0 Å². The molecule has 4 aromatic heterocycles. The summed E-state index contributed by atoms with van der Waals surface area (Å²) >= 11 is 0. The standard InChI is InChI=1S/C49H36N8/c1-9-45(54-33-37-17-25-50-26-18-37)10-2-41(1)49(42-3-11-46(12-4-42)55-34-38-19-27-51-28-20-38,43-5-13-47(14-6-43)56-35-39-21-29-52-30-22-39)44-7-15-48(16-8-44)57-36-40-23-31-53-32-24-40/h1-36H. The van der Waals surface area contributed by atoms with Gasteiger partial charge in [0.05, 0.1) is 28.2 Å². The molecule has 8 nitrogen and oxygen atoms in total. The summed E-state index contributed by atoms with van der Waals surface area (Å²) in [6.07, 6.45) is 21.5. The fourth-order valence-corrected chi connectivity index (χ4v) is 6.58. The Bertz CT molecular complexity index is 2230. The number of aromatic nitrogens is 4. The Balaban J connectivity index is 1.25. The van der Waals surface area contributed by atoms with Crippen LogP contribution in [0.3, 0.4) is 0 Å². The lowest BCUT2D eigenvalue weighted by atomic mass is 9.65. The van der Waals surface area contributed by atoms with Crippen LogP contribution < -0.4 is 0 Å². The maximum absolute atomic E-state index is 4.78. The minimum Gasteiger partial charge on any atom is -0.265 e. The molecule has 0 atom stereocenters. The summed E-state index contributed by atoms with van der Waals surface area (Å²) in [5, 5.41) is 0. The molecule has 0 aliphatic carbocycles. The first-order chi connectivity index (χ1) is 28.2. The largest absolute Gasteiger partial charge is 0.265 e. The zero-order valence-electron chi connectivity index (χ0n) is 30.9. The van der Waals surface area contributed by atoms with E-state index in [9.17, 15) is 0 Å². The fourth-order valence-electron chi connectivity index (χ4n) is 6.58. The lowest BCUT2D eigenvalue weighted by Crippen LogP contribution is -2.30. The summed E-state index contributed by atoms with van der Waals surface area (Å²) in [7, 11) is 0. The van der Waals surface area contributed by atoms with E-state index < -0.39 is 5.41 Å². The number of hydrogen-bond acceptors (Lipinski definition) is 8. The number of benzene rings is 4. The van der Waals surface area contributed by atoms with Crippen LogP contribution in [0.5, 0.6) is 0 Å². The van der Waals surface area contributed by atoms with Crippen LogP contribution in [0, 0.1) is 0 Å². The maximum atomic E-state index is 4.78. The summed E-state index contributed by atoms with van der Waals surface area (Å²) in [6.45, 7) is 0. The van der Waals surface area contributed by atoms with Gasteiger partial charge in [0.2, 0.25) is 0 Å². The monoisotopic (exact) mass is 736 g/mol. The van der Waals surface area contributed by atoms with Gasteiger partial charge >= 0.3 is 0 Å². The smallest absolute Gasteiger partial charge is 0.0701 e. The molecular formula is C49H36N8. The molecule has 0 saturated carbocycles. The average molecular weight is 737 g/mol. The van der Waals surface area contributed by atoms with Gasteiger partial charge in [0.1, 0.15) is 0 Å². The maximum Gasteiger partial charge on any atom is 0.0701 e. The van der Waals surface area contributed by atoms with Crippen LogP contribution in [-0.2, 0) is 5.41 Å². The second-order valence-electron chi connectivity index (χ2n) is 13.1. The van der Waals surface area contributed by atoms with E-state index in [4.69, 9.17) is 20.0 Å². The van der Waals surface area contributed by atoms with Gasteiger partial charge in [-0.15, -0.1) is 0 Å². The molecule has 0 bridgehead atoms. The third-order valence-electron chi connectivity index (χ3n) is 9.48. The molecule has 8 rings (SSSR count). The lowest BCUT2D eigenvalue weighted by Gasteiger charge is -2.37. The van der Waals surface area contributed by atoms with Crippen LogP contribution in [-0.4, -0.2) is 44.8 Å². The summed E-state index contributed by atoms with van der Waals surface area (Å²) in [5.74, 6) is 0. The second kappa shape index (κ2) is 17.5. The first kappa shape index (κ1) is 36.2. The van der Waals surface area contributed by atoms with Gasteiger partial charge in [-0.1, -0.05) is 48.5 Å². The van der Waals surface area contributed by atoms with Crippen LogP contribution in [0.2, 0.25) is 0 Å². The molecule has 8 heteroatoms. The van der Waals surface area contributed by atoms with Gasteiger partial charge in [0, 0.05) is 74.4 Å². The van der Waals surface area contributed by atoms with Crippen molar-refractivity contribution < 1.29 is 0 Å². The normalized spacial score (nSPS) is 12.8. The van der Waals surface area contributed by atoms with Crippen LogP contribution in [0.4, 0.5) is 22.7 Å². The predicted octanol–water partition coefficient (Wildman–Crippen LogP) is 10.7. The Labute approximate surface area is 331 Å². The zero-order chi connectivity index (χ0) is 38.5. The molecule has 0 amide bonds. The number of aliphatic imine (C=N–C) groups is 4. The van der Waals surface area contributed by atoms with Gasteiger partial charge in [-0.3, -0.25) is 39.9 Å². The first-order valence-corrected chi connectivity index (χ1v) is 18.4. The Morgan fingerprint density at radius 3 is 0.649 bits per heavy atom. The highest BCUT2D eigenvalue weighted by atomic mass is 14.7. The summed E-state index contributed by atoms with van der Waals surface area (Å²) in [4.78, 5) is 35.6. The van der Waals surface area contributed by atoms with E-state index in [1.807, 2.05) is 73.4 Å². The number of hydrogen-bond donors (Lipinski definition) is 0. The highest BCUT2D eigenvalue weighted by Crippen LogP contribution is 2.46. The molecule has 0 aliphatic heterocycles. The highest BCUT2D eigenvalue weighted by Gasteiger charge is 2.38. The van der Waals surface area contributed by atoms with Gasteiger partial charge in [0.15, 0.2) is 0 Å². The third kappa shape index (κ3) is 8.77. The molecule has 0 radical (unpaired) electrons. The van der Waals surface area contributed by atoms with E-state index in [2.05, 4.69) is 117 Å². The zero-order valence-corrected chi connectivity index (χ0v) is 30.9. The number of nitrogens with zero attached hydrogens (tertiary/aromatic N) is 8. The van der Waals surface area contributed by atoms with Gasteiger partial charge in [-0.2, -0.15) is 0 Å². The molecule has 4 heterocycles. The SMILES string of the molecule is C(=Nc1ccc(C(c2ccc(N=Cc3ccncc3)cc2)(c2ccc(N=Cc3ccncc3)cc2)c2ccc(N=Cc3ccncc3)cc2)cc1)c1ccncc1. The number of pyridine rings is 4. The fraction of sp³-hybridized carbons (Fsp3) is 0.0204. The van der Waals surface area contributed by atoms with E-state index in [-0.39, 0.29) is 0 Å². The van der Waals surface area contributed by atoms with Crippen molar-refractivity contribution in [2.24, 2.45) is 20.0 Å². The Hall–Kier alpha value is -7.84. The molecule has 0 aliphatic rings. The van der Waals surface area contributed by atoms with Crippen LogP contribution in [0.25, 0.3) is 0 Å². The van der Waals surface area contributed by atoms with E-state index in [1.165, 1.54) is 0 Å². The van der Waals surface area contributed by atoms with Crippen molar-refractivity contribution in [3.05, 3.63) is 240 Å². The third-order valence-corrected chi connectivity index (χ3v) is 9.48. The predicted molar refractivity (Wildman–Crippen MR) is 231 cm³/mol. The van der Waals surface area contributed by atoms with Crippen molar-refractivity contribution in [2.75, 3.05) is 0 Å². The van der Waals surface area contributed by atoms with E-state index in [0.29, 0.717) is 0 Å². The molecule has 0 N–H and O–H groups in total. The molecule has 8 aromatic rings. The average Bonchev–Trinajstić information content (AvgIpc) is 3.29. The summed E-state index contributed by atoms with van der Waals surface area (Å²) in [6, 6.07) is 49.3. The van der Waals surface area contributed by atoms with E-state index in [0.717, 1.165) is 67.3 Å². The van der Waals surface area contributed by atoms with E-state index >= 15 is 0 Å². The molecule has 57 heavy (non-hydrogen) atoms. The Kier molecular flexibility index (Phi) is 11.1. The minimum atomic E-state index is -0.749. The molecule has 4 aromatic carbocycles. The van der Waals surface area contributed by atoms with Crippen molar-refractivity contribution in [2.45, 2.75) is 5.41 Å². The van der Waals surface area contributed by atoms with Crippen LogP contribution in [0.1, 0.15) is 44.5 Å². The minimum absolute atomic E-state index is 0.749.